The van der Waals surface area contributed by atoms with Gasteiger partial charge in [-0.3, -0.25) is 9.59 Å². The topological polar surface area (TPSA) is 46.6 Å². The first-order valence-corrected chi connectivity index (χ1v) is 7.21. The highest BCUT2D eigenvalue weighted by atomic mass is 16.5. The number of hydrogen-bond donors (Lipinski definition) is 0. The standard InChI is InChI=1S/C14H17NO3.C2H6/c1-2-18-14(17)12-8-9-15(13(12)16)10-11-6-4-3-5-7-11;1-2/h3-7,12H,2,8-10H2,1H3;1-2H3. The number of amides is 1. The van der Waals surface area contributed by atoms with E-state index in [-0.39, 0.29) is 5.91 Å². The van der Waals surface area contributed by atoms with Gasteiger partial charge >= 0.3 is 5.97 Å². The minimum atomic E-state index is -0.603. The molecule has 20 heavy (non-hydrogen) atoms. The minimum Gasteiger partial charge on any atom is -0.465 e. The van der Waals surface area contributed by atoms with E-state index in [1.54, 1.807) is 11.8 Å². The lowest BCUT2D eigenvalue weighted by molar-refractivity contribution is -0.152. The molecule has 1 aliphatic rings. The highest BCUT2D eigenvalue weighted by molar-refractivity contribution is 5.99. The Morgan fingerprint density at radius 3 is 2.55 bits per heavy atom. The van der Waals surface area contributed by atoms with Gasteiger partial charge in [-0.25, -0.2) is 0 Å². The first kappa shape index (κ1) is 16.2. The van der Waals surface area contributed by atoms with Crippen LogP contribution in [-0.4, -0.2) is 29.9 Å². The van der Waals surface area contributed by atoms with Gasteiger partial charge in [-0.1, -0.05) is 44.2 Å². The smallest absolute Gasteiger partial charge is 0.318 e. The Balaban J connectivity index is 0.000000956. The van der Waals surface area contributed by atoms with Crippen molar-refractivity contribution in [3.8, 4) is 0 Å². The number of ether oxygens (including phenoxy) is 1. The molecule has 0 bridgehead atoms. The lowest BCUT2D eigenvalue weighted by Gasteiger charge is -2.16. The van der Waals surface area contributed by atoms with E-state index in [0.717, 1.165) is 5.56 Å². The molecule has 4 heteroatoms. The maximum absolute atomic E-state index is 12.1. The highest BCUT2D eigenvalue weighted by Crippen LogP contribution is 2.21. The van der Waals surface area contributed by atoms with Gasteiger partial charge in [-0.15, -0.1) is 0 Å². The Hall–Kier alpha value is -1.84. The fraction of sp³-hybridized carbons (Fsp3) is 0.500. The van der Waals surface area contributed by atoms with Crippen molar-refractivity contribution in [3.63, 3.8) is 0 Å². The summed E-state index contributed by atoms with van der Waals surface area (Å²) in [6.07, 6.45) is 0.560. The quantitative estimate of drug-likeness (QED) is 0.628. The van der Waals surface area contributed by atoms with E-state index in [1.165, 1.54) is 0 Å². The number of nitrogens with zero attached hydrogens (tertiary/aromatic N) is 1. The molecule has 4 nitrogen and oxygen atoms in total. The molecule has 0 N–H and O–H groups in total. The molecule has 1 aromatic rings. The van der Waals surface area contributed by atoms with E-state index in [2.05, 4.69) is 0 Å². The number of esters is 1. The van der Waals surface area contributed by atoms with Gasteiger partial charge in [0.05, 0.1) is 6.61 Å². The van der Waals surface area contributed by atoms with Crippen LogP contribution in [0.15, 0.2) is 30.3 Å². The summed E-state index contributed by atoms with van der Waals surface area (Å²) in [5.74, 6) is -1.11. The van der Waals surface area contributed by atoms with E-state index < -0.39 is 11.9 Å². The van der Waals surface area contributed by atoms with Crippen molar-refractivity contribution in [2.75, 3.05) is 13.2 Å². The van der Waals surface area contributed by atoms with Crippen LogP contribution in [0.2, 0.25) is 0 Å². The van der Waals surface area contributed by atoms with E-state index in [4.69, 9.17) is 4.74 Å². The van der Waals surface area contributed by atoms with Crippen molar-refractivity contribution in [1.82, 2.24) is 4.90 Å². The van der Waals surface area contributed by atoms with Crippen LogP contribution in [0, 0.1) is 5.92 Å². The fourth-order valence-electron chi connectivity index (χ4n) is 2.16. The zero-order valence-electron chi connectivity index (χ0n) is 12.5. The molecule has 1 aromatic carbocycles. The summed E-state index contributed by atoms with van der Waals surface area (Å²) in [6.45, 7) is 7.26. The van der Waals surface area contributed by atoms with Gasteiger partial charge in [0.25, 0.3) is 0 Å². The Kier molecular flexibility index (Phi) is 6.77. The van der Waals surface area contributed by atoms with Crippen molar-refractivity contribution in [2.45, 2.75) is 33.7 Å². The van der Waals surface area contributed by atoms with Crippen molar-refractivity contribution < 1.29 is 14.3 Å². The molecule has 0 aliphatic carbocycles. The average molecular weight is 277 g/mol. The predicted molar refractivity (Wildman–Crippen MR) is 77.9 cm³/mol. The van der Waals surface area contributed by atoms with Gasteiger partial charge in [0.15, 0.2) is 0 Å². The second-order valence-corrected chi connectivity index (χ2v) is 4.34. The van der Waals surface area contributed by atoms with Crippen LogP contribution >= 0.6 is 0 Å². The van der Waals surface area contributed by atoms with Gasteiger partial charge in [-0.2, -0.15) is 0 Å². The van der Waals surface area contributed by atoms with Gasteiger partial charge in [0.1, 0.15) is 5.92 Å². The maximum atomic E-state index is 12.1. The summed E-state index contributed by atoms with van der Waals surface area (Å²) in [5, 5.41) is 0. The first-order chi connectivity index (χ1) is 9.72. The number of carbonyl (C=O) groups excluding carboxylic acids is 2. The third kappa shape index (κ3) is 4.08. The van der Waals surface area contributed by atoms with Crippen LogP contribution in [0.3, 0.4) is 0 Å². The van der Waals surface area contributed by atoms with Crippen LogP contribution in [0.5, 0.6) is 0 Å². The Bertz CT molecular complexity index is 431. The molecule has 0 radical (unpaired) electrons. The molecule has 0 saturated carbocycles. The number of carbonyl (C=O) groups is 2. The molecular formula is C16H23NO3. The second kappa shape index (κ2) is 8.35. The summed E-state index contributed by atoms with van der Waals surface area (Å²) >= 11 is 0. The third-order valence-electron chi connectivity index (χ3n) is 3.08. The Morgan fingerprint density at radius 1 is 1.30 bits per heavy atom. The number of benzene rings is 1. The molecule has 110 valence electrons. The van der Waals surface area contributed by atoms with Crippen LogP contribution in [-0.2, 0) is 20.9 Å². The molecule has 1 heterocycles. The SMILES string of the molecule is CC.CCOC(=O)C1CCN(Cc2ccccc2)C1=O. The van der Waals surface area contributed by atoms with E-state index >= 15 is 0 Å². The third-order valence-corrected chi connectivity index (χ3v) is 3.08. The van der Waals surface area contributed by atoms with Gasteiger partial charge < -0.3 is 9.64 Å². The highest BCUT2D eigenvalue weighted by Gasteiger charge is 2.37. The number of rotatable bonds is 4. The predicted octanol–water partition coefficient (Wildman–Crippen LogP) is 2.62. The lowest BCUT2D eigenvalue weighted by Crippen LogP contribution is -2.30. The van der Waals surface area contributed by atoms with E-state index in [9.17, 15) is 9.59 Å². The molecule has 2 rings (SSSR count). The molecule has 1 saturated heterocycles. The van der Waals surface area contributed by atoms with Crippen molar-refractivity contribution in [1.29, 1.82) is 0 Å². The number of likely N-dealkylation sites (tertiary alicyclic amines) is 1. The molecule has 1 aliphatic heterocycles. The first-order valence-electron chi connectivity index (χ1n) is 7.21. The Morgan fingerprint density at radius 2 is 1.95 bits per heavy atom. The van der Waals surface area contributed by atoms with E-state index in [0.29, 0.717) is 26.1 Å². The average Bonchev–Trinajstić information content (AvgIpc) is 2.84. The Labute approximate surface area is 120 Å². The molecule has 1 fully saturated rings. The second-order valence-electron chi connectivity index (χ2n) is 4.34. The summed E-state index contributed by atoms with van der Waals surface area (Å²) in [6, 6.07) is 9.78. The van der Waals surface area contributed by atoms with Gasteiger partial charge in [0.2, 0.25) is 5.91 Å². The lowest BCUT2D eigenvalue weighted by atomic mass is 10.1. The van der Waals surface area contributed by atoms with Crippen molar-refractivity contribution in [3.05, 3.63) is 35.9 Å². The molecule has 0 aromatic heterocycles. The largest absolute Gasteiger partial charge is 0.465 e. The monoisotopic (exact) mass is 277 g/mol. The fourth-order valence-corrected chi connectivity index (χ4v) is 2.16. The van der Waals surface area contributed by atoms with Gasteiger partial charge in [0, 0.05) is 13.1 Å². The van der Waals surface area contributed by atoms with Crippen LogP contribution in [0.25, 0.3) is 0 Å². The molecule has 1 amide bonds. The molecular weight excluding hydrogens is 254 g/mol. The molecule has 0 spiro atoms. The zero-order chi connectivity index (χ0) is 15.0. The minimum absolute atomic E-state index is 0.114. The zero-order valence-corrected chi connectivity index (χ0v) is 12.5. The van der Waals surface area contributed by atoms with Crippen molar-refractivity contribution >= 4 is 11.9 Å². The van der Waals surface area contributed by atoms with Crippen LogP contribution in [0.4, 0.5) is 0 Å². The normalized spacial score (nSPS) is 17.4. The van der Waals surface area contributed by atoms with Crippen LogP contribution in [0.1, 0.15) is 32.8 Å². The van der Waals surface area contributed by atoms with Crippen molar-refractivity contribution in [2.24, 2.45) is 5.92 Å². The maximum Gasteiger partial charge on any atom is 0.318 e. The summed E-state index contributed by atoms with van der Waals surface area (Å²) in [7, 11) is 0. The molecule has 1 atom stereocenters. The summed E-state index contributed by atoms with van der Waals surface area (Å²) in [4.78, 5) is 25.4. The van der Waals surface area contributed by atoms with Gasteiger partial charge in [-0.05, 0) is 18.9 Å². The molecule has 1 unspecified atom stereocenters. The number of hydrogen-bond acceptors (Lipinski definition) is 3. The summed E-state index contributed by atoms with van der Waals surface area (Å²) < 4.78 is 4.91. The van der Waals surface area contributed by atoms with E-state index in [1.807, 2.05) is 44.2 Å². The summed E-state index contributed by atoms with van der Waals surface area (Å²) in [5.41, 5.74) is 1.08. The van der Waals surface area contributed by atoms with Crippen LogP contribution < -0.4 is 0 Å².